The number of H-pyrrole nitrogens is 1. The molecule has 2 N–H and O–H groups in total. The van der Waals surface area contributed by atoms with Crippen LogP contribution in [0.1, 0.15) is 5.56 Å². The minimum Gasteiger partial charge on any atom is -0.391 e. The Bertz CT molecular complexity index is 503. The fourth-order valence-corrected chi connectivity index (χ4v) is 1.41. The lowest BCUT2D eigenvalue weighted by molar-refractivity contribution is 0.280. The predicted molar refractivity (Wildman–Crippen MR) is 58.4 cm³/mol. The van der Waals surface area contributed by atoms with E-state index < -0.39 is 0 Å². The number of nitrogens with one attached hydrogen (secondary N) is 1. The van der Waals surface area contributed by atoms with Gasteiger partial charge in [0.25, 0.3) is 0 Å². The van der Waals surface area contributed by atoms with E-state index in [9.17, 15) is 4.79 Å². The summed E-state index contributed by atoms with van der Waals surface area (Å²) in [5.41, 5.74) is 1.96. The van der Waals surface area contributed by atoms with Crippen molar-refractivity contribution in [2.75, 3.05) is 0 Å². The molecule has 0 saturated heterocycles. The van der Waals surface area contributed by atoms with Crippen molar-refractivity contribution in [3.8, 4) is 11.3 Å². The van der Waals surface area contributed by atoms with Crippen LogP contribution in [0.3, 0.4) is 0 Å². The summed E-state index contributed by atoms with van der Waals surface area (Å²) in [5, 5.41) is 8.86. The first-order valence-electron chi connectivity index (χ1n) is 4.69. The van der Waals surface area contributed by atoms with Crippen molar-refractivity contribution < 1.29 is 5.11 Å². The highest BCUT2D eigenvalue weighted by molar-refractivity contribution is 5.58. The van der Waals surface area contributed by atoms with Crippen molar-refractivity contribution in [2.45, 2.75) is 6.61 Å². The Hall–Kier alpha value is -1.87. The van der Waals surface area contributed by atoms with E-state index in [1.807, 2.05) is 30.3 Å². The third-order valence-corrected chi connectivity index (χ3v) is 2.25. The van der Waals surface area contributed by atoms with E-state index in [1.165, 1.54) is 6.07 Å². The Morgan fingerprint density at radius 1 is 1.20 bits per heavy atom. The van der Waals surface area contributed by atoms with Gasteiger partial charge in [-0.3, -0.25) is 4.79 Å². The summed E-state index contributed by atoms with van der Waals surface area (Å²) in [7, 11) is 0. The molecule has 0 aliphatic carbocycles. The molecule has 0 fully saturated rings. The minimum absolute atomic E-state index is 0.143. The first kappa shape index (κ1) is 9.68. The molecular weight excluding hydrogens is 190 g/mol. The van der Waals surface area contributed by atoms with Crippen LogP contribution >= 0.6 is 0 Å². The Morgan fingerprint density at radius 2 is 1.93 bits per heavy atom. The van der Waals surface area contributed by atoms with Crippen molar-refractivity contribution in [1.82, 2.24) is 4.98 Å². The lowest BCUT2D eigenvalue weighted by Gasteiger charge is -2.02. The van der Waals surface area contributed by atoms with Gasteiger partial charge in [0.1, 0.15) is 0 Å². The summed E-state index contributed by atoms with van der Waals surface area (Å²) in [6.07, 6.45) is 1.55. The molecule has 3 heteroatoms. The highest BCUT2D eigenvalue weighted by Gasteiger charge is 2.01. The van der Waals surface area contributed by atoms with E-state index in [4.69, 9.17) is 5.11 Å². The predicted octanol–water partition coefficient (Wildman–Crippen LogP) is 1.53. The van der Waals surface area contributed by atoms with E-state index >= 15 is 0 Å². The van der Waals surface area contributed by atoms with Gasteiger partial charge in [-0.05, 0) is 5.56 Å². The zero-order valence-corrected chi connectivity index (χ0v) is 8.10. The number of hydrogen-bond donors (Lipinski definition) is 2. The third kappa shape index (κ3) is 1.97. The van der Waals surface area contributed by atoms with Crippen LogP contribution in [0.4, 0.5) is 0 Å². The average molecular weight is 201 g/mol. The second-order valence-corrected chi connectivity index (χ2v) is 3.26. The van der Waals surface area contributed by atoms with Gasteiger partial charge in [0.05, 0.1) is 6.61 Å². The fraction of sp³-hybridized carbons (Fsp3) is 0.0833. The number of hydrogen-bond acceptors (Lipinski definition) is 2. The van der Waals surface area contributed by atoms with Crippen LogP contribution < -0.4 is 5.43 Å². The Morgan fingerprint density at radius 3 is 2.53 bits per heavy atom. The van der Waals surface area contributed by atoms with Crippen LogP contribution in [0.5, 0.6) is 0 Å². The van der Waals surface area contributed by atoms with E-state index in [0.717, 1.165) is 11.3 Å². The number of aromatic nitrogens is 1. The second-order valence-electron chi connectivity index (χ2n) is 3.26. The third-order valence-electron chi connectivity index (χ3n) is 2.25. The molecule has 0 saturated carbocycles. The lowest BCUT2D eigenvalue weighted by Crippen LogP contribution is -2.08. The van der Waals surface area contributed by atoms with E-state index in [2.05, 4.69) is 4.98 Å². The molecule has 0 atom stereocenters. The zero-order valence-electron chi connectivity index (χ0n) is 8.10. The number of aromatic amines is 1. The number of aliphatic hydroxyl groups excluding tert-OH is 1. The second kappa shape index (κ2) is 4.11. The van der Waals surface area contributed by atoms with E-state index in [1.54, 1.807) is 6.20 Å². The van der Waals surface area contributed by atoms with Gasteiger partial charge in [-0.15, -0.1) is 0 Å². The molecule has 3 nitrogen and oxygen atoms in total. The first-order valence-corrected chi connectivity index (χ1v) is 4.69. The molecule has 0 spiro atoms. The van der Waals surface area contributed by atoms with Crippen molar-refractivity contribution in [3.63, 3.8) is 0 Å². The summed E-state index contributed by atoms with van der Waals surface area (Å²) in [6, 6.07) is 11.1. The lowest BCUT2D eigenvalue weighted by atomic mass is 10.1. The van der Waals surface area contributed by atoms with Gasteiger partial charge in [0.15, 0.2) is 5.43 Å². The largest absolute Gasteiger partial charge is 0.391 e. The molecule has 2 aromatic rings. The summed E-state index contributed by atoms with van der Waals surface area (Å²) in [6.45, 7) is -0.232. The number of aliphatic hydroxyl groups is 1. The molecule has 0 unspecified atom stereocenters. The van der Waals surface area contributed by atoms with Gasteiger partial charge < -0.3 is 10.1 Å². The van der Waals surface area contributed by atoms with Crippen molar-refractivity contribution >= 4 is 0 Å². The summed E-state index contributed by atoms with van der Waals surface area (Å²) in [4.78, 5) is 14.4. The fourth-order valence-electron chi connectivity index (χ4n) is 1.41. The smallest absolute Gasteiger partial charge is 0.187 e. The number of benzene rings is 1. The molecule has 1 heterocycles. The standard InChI is InChI=1S/C12H11NO2/c14-8-10-7-13-11(6-12(10)15)9-4-2-1-3-5-9/h1-7,14H,8H2,(H,13,15). The normalized spacial score (nSPS) is 10.2. The van der Waals surface area contributed by atoms with E-state index in [-0.39, 0.29) is 12.0 Å². The Balaban J connectivity index is 2.48. The highest BCUT2D eigenvalue weighted by atomic mass is 16.3. The topological polar surface area (TPSA) is 53.1 Å². The van der Waals surface area contributed by atoms with E-state index in [0.29, 0.717) is 5.56 Å². The maximum atomic E-state index is 11.5. The summed E-state index contributed by atoms with van der Waals surface area (Å²) in [5.74, 6) is 0. The molecule has 1 aromatic carbocycles. The van der Waals surface area contributed by atoms with Crippen molar-refractivity contribution in [3.05, 3.63) is 58.4 Å². The Kier molecular flexibility index (Phi) is 2.65. The molecule has 0 amide bonds. The first-order chi connectivity index (χ1) is 7.31. The van der Waals surface area contributed by atoms with Crippen LogP contribution in [-0.2, 0) is 6.61 Å². The van der Waals surface area contributed by atoms with Gasteiger partial charge in [-0.1, -0.05) is 30.3 Å². The van der Waals surface area contributed by atoms with Crippen molar-refractivity contribution in [2.24, 2.45) is 0 Å². The quantitative estimate of drug-likeness (QED) is 0.774. The summed E-state index contributed by atoms with van der Waals surface area (Å²) < 4.78 is 0. The molecule has 2 rings (SSSR count). The van der Waals surface area contributed by atoms with Crippen molar-refractivity contribution in [1.29, 1.82) is 0 Å². The summed E-state index contributed by atoms with van der Waals surface area (Å²) >= 11 is 0. The van der Waals surface area contributed by atoms with Crippen LogP contribution in [0.2, 0.25) is 0 Å². The van der Waals surface area contributed by atoms with Crippen LogP contribution in [0, 0.1) is 0 Å². The molecule has 0 aliphatic rings. The average Bonchev–Trinajstić information content (AvgIpc) is 2.30. The highest BCUT2D eigenvalue weighted by Crippen LogP contribution is 2.13. The molecule has 0 aliphatic heterocycles. The van der Waals surface area contributed by atoms with Gasteiger partial charge in [0, 0.05) is 23.5 Å². The minimum atomic E-state index is -0.232. The number of pyridine rings is 1. The van der Waals surface area contributed by atoms with Gasteiger partial charge in [-0.25, -0.2) is 0 Å². The van der Waals surface area contributed by atoms with Crippen LogP contribution in [0.25, 0.3) is 11.3 Å². The van der Waals surface area contributed by atoms with Gasteiger partial charge in [-0.2, -0.15) is 0 Å². The SMILES string of the molecule is O=c1cc(-c2ccccc2)[nH]cc1CO. The molecule has 0 bridgehead atoms. The Labute approximate surface area is 87.0 Å². The molecular formula is C12H11NO2. The molecule has 0 radical (unpaired) electrons. The molecule has 1 aromatic heterocycles. The maximum Gasteiger partial charge on any atom is 0.187 e. The van der Waals surface area contributed by atoms with Gasteiger partial charge in [0.2, 0.25) is 0 Å². The van der Waals surface area contributed by atoms with Crippen LogP contribution in [0.15, 0.2) is 47.4 Å². The number of rotatable bonds is 2. The monoisotopic (exact) mass is 201 g/mol. The maximum absolute atomic E-state index is 11.5. The van der Waals surface area contributed by atoms with Crippen LogP contribution in [-0.4, -0.2) is 10.1 Å². The van der Waals surface area contributed by atoms with Gasteiger partial charge >= 0.3 is 0 Å². The zero-order chi connectivity index (χ0) is 10.7. The molecule has 76 valence electrons. The molecule has 15 heavy (non-hydrogen) atoms.